The Bertz CT molecular complexity index is 425. The lowest BCUT2D eigenvalue weighted by Crippen LogP contribution is -2.21. The fourth-order valence-electron chi connectivity index (χ4n) is 2.17. The number of rotatable bonds is 5. The van der Waals surface area contributed by atoms with Gasteiger partial charge in [-0.1, -0.05) is 39.3 Å². The molecule has 18 heavy (non-hydrogen) atoms. The molecule has 1 aromatic heterocycles. The van der Waals surface area contributed by atoms with Gasteiger partial charge >= 0.3 is 0 Å². The first kappa shape index (κ1) is 13.6. The van der Waals surface area contributed by atoms with Crippen LogP contribution in [-0.4, -0.2) is 16.5 Å². The van der Waals surface area contributed by atoms with Crippen molar-refractivity contribution in [2.45, 2.75) is 46.5 Å². The second kappa shape index (κ2) is 5.04. The third kappa shape index (κ3) is 2.94. The third-order valence-corrected chi connectivity index (χ3v) is 4.16. The summed E-state index contributed by atoms with van der Waals surface area (Å²) < 4.78 is 0. The maximum atomic E-state index is 6.03. The molecule has 2 rings (SSSR count). The maximum Gasteiger partial charge on any atom is 0.135 e. The van der Waals surface area contributed by atoms with Crippen LogP contribution in [0.5, 0.6) is 0 Å². The summed E-state index contributed by atoms with van der Waals surface area (Å²) >= 11 is 6.03. The fourth-order valence-corrected chi connectivity index (χ4v) is 2.36. The summed E-state index contributed by atoms with van der Waals surface area (Å²) in [4.78, 5) is 8.76. The van der Waals surface area contributed by atoms with Gasteiger partial charge in [-0.05, 0) is 24.2 Å². The summed E-state index contributed by atoms with van der Waals surface area (Å²) in [6.07, 6.45) is 2.63. The van der Waals surface area contributed by atoms with Gasteiger partial charge in [-0.15, -0.1) is 0 Å². The first-order valence-electron chi connectivity index (χ1n) is 6.71. The molecule has 1 fully saturated rings. The van der Waals surface area contributed by atoms with Gasteiger partial charge in [0, 0.05) is 18.5 Å². The smallest absolute Gasteiger partial charge is 0.135 e. The van der Waals surface area contributed by atoms with Gasteiger partial charge in [0.05, 0.1) is 0 Å². The first-order chi connectivity index (χ1) is 8.43. The number of hydrogen-bond donors (Lipinski definition) is 1. The van der Waals surface area contributed by atoms with Crippen LogP contribution in [0.15, 0.2) is 6.07 Å². The van der Waals surface area contributed by atoms with Crippen molar-refractivity contribution in [3.63, 3.8) is 0 Å². The SMILES string of the molecule is CC(C)c1nc(Cl)cc(NCC2(C(C)C)CC2)n1. The van der Waals surface area contributed by atoms with Crippen molar-refractivity contribution in [2.75, 3.05) is 11.9 Å². The summed E-state index contributed by atoms with van der Waals surface area (Å²) in [6.45, 7) is 9.72. The van der Waals surface area contributed by atoms with Crippen LogP contribution in [0.1, 0.15) is 52.3 Å². The second-order valence-electron chi connectivity index (χ2n) is 5.96. The van der Waals surface area contributed by atoms with E-state index in [2.05, 4.69) is 43.0 Å². The Morgan fingerprint density at radius 2 is 1.94 bits per heavy atom. The number of hydrogen-bond acceptors (Lipinski definition) is 3. The lowest BCUT2D eigenvalue weighted by atomic mass is 9.92. The standard InChI is InChI=1S/C14H22ClN3/c1-9(2)13-17-11(15)7-12(18-13)16-8-14(5-6-14)10(3)4/h7,9-10H,5-6,8H2,1-4H3,(H,16,17,18). The predicted octanol–water partition coefficient (Wildman–Crippen LogP) is 4.10. The average Bonchev–Trinajstić information content (AvgIpc) is 3.06. The molecular weight excluding hydrogens is 246 g/mol. The molecule has 0 amide bonds. The van der Waals surface area contributed by atoms with E-state index >= 15 is 0 Å². The number of anilines is 1. The van der Waals surface area contributed by atoms with Crippen molar-refractivity contribution in [3.8, 4) is 0 Å². The summed E-state index contributed by atoms with van der Waals surface area (Å²) in [5.74, 6) is 2.67. The molecule has 0 atom stereocenters. The fraction of sp³-hybridized carbons (Fsp3) is 0.714. The molecule has 0 radical (unpaired) electrons. The maximum absolute atomic E-state index is 6.03. The van der Waals surface area contributed by atoms with E-state index in [9.17, 15) is 0 Å². The Hall–Kier alpha value is -0.830. The third-order valence-electron chi connectivity index (χ3n) is 3.97. The monoisotopic (exact) mass is 267 g/mol. The van der Waals surface area contributed by atoms with Crippen LogP contribution < -0.4 is 5.32 Å². The number of nitrogens with one attached hydrogen (secondary N) is 1. The second-order valence-corrected chi connectivity index (χ2v) is 6.35. The first-order valence-corrected chi connectivity index (χ1v) is 7.09. The van der Waals surface area contributed by atoms with E-state index in [0.717, 1.165) is 18.2 Å². The molecular formula is C14H22ClN3. The molecule has 1 saturated carbocycles. The number of halogens is 1. The summed E-state index contributed by atoms with van der Waals surface area (Å²) in [5.41, 5.74) is 0.468. The van der Waals surface area contributed by atoms with Gasteiger partial charge in [0.1, 0.15) is 16.8 Å². The van der Waals surface area contributed by atoms with Crippen molar-refractivity contribution >= 4 is 17.4 Å². The van der Waals surface area contributed by atoms with Gasteiger partial charge in [0.25, 0.3) is 0 Å². The van der Waals surface area contributed by atoms with Gasteiger partial charge in [0.15, 0.2) is 0 Å². The highest BCUT2D eigenvalue weighted by molar-refractivity contribution is 6.29. The summed E-state index contributed by atoms with van der Waals surface area (Å²) in [5, 5.41) is 3.95. The molecule has 0 aliphatic heterocycles. The van der Waals surface area contributed by atoms with Crippen LogP contribution >= 0.6 is 11.6 Å². The van der Waals surface area contributed by atoms with Crippen LogP contribution in [0, 0.1) is 11.3 Å². The Morgan fingerprint density at radius 1 is 1.28 bits per heavy atom. The van der Waals surface area contributed by atoms with Crippen molar-refractivity contribution in [3.05, 3.63) is 17.0 Å². The van der Waals surface area contributed by atoms with Gasteiger partial charge in [0.2, 0.25) is 0 Å². The molecule has 100 valence electrons. The van der Waals surface area contributed by atoms with E-state index in [4.69, 9.17) is 11.6 Å². The van der Waals surface area contributed by atoms with Crippen LogP contribution in [0.2, 0.25) is 5.15 Å². The number of nitrogens with zero attached hydrogens (tertiary/aromatic N) is 2. The van der Waals surface area contributed by atoms with E-state index < -0.39 is 0 Å². The van der Waals surface area contributed by atoms with Gasteiger partial charge in [-0.3, -0.25) is 0 Å². The molecule has 0 aromatic carbocycles. The highest BCUT2D eigenvalue weighted by Crippen LogP contribution is 2.51. The van der Waals surface area contributed by atoms with Crippen molar-refractivity contribution in [1.29, 1.82) is 0 Å². The Labute approximate surface area is 114 Å². The molecule has 1 N–H and O–H groups in total. The highest BCUT2D eigenvalue weighted by atomic mass is 35.5. The van der Waals surface area contributed by atoms with E-state index in [1.54, 1.807) is 0 Å². The van der Waals surface area contributed by atoms with Crippen LogP contribution in [0.3, 0.4) is 0 Å². The van der Waals surface area contributed by atoms with E-state index in [0.29, 0.717) is 22.4 Å². The van der Waals surface area contributed by atoms with Crippen molar-refractivity contribution < 1.29 is 0 Å². The molecule has 0 saturated heterocycles. The molecule has 1 aliphatic rings. The quantitative estimate of drug-likeness (QED) is 0.816. The van der Waals surface area contributed by atoms with Gasteiger partial charge < -0.3 is 5.32 Å². The van der Waals surface area contributed by atoms with E-state index in [-0.39, 0.29) is 0 Å². The molecule has 0 spiro atoms. The Morgan fingerprint density at radius 3 is 2.44 bits per heavy atom. The highest BCUT2D eigenvalue weighted by Gasteiger charge is 2.44. The molecule has 1 heterocycles. The minimum atomic E-state index is 0.296. The zero-order valence-corrected chi connectivity index (χ0v) is 12.4. The van der Waals surface area contributed by atoms with E-state index in [1.165, 1.54) is 12.8 Å². The number of aromatic nitrogens is 2. The summed E-state index contributed by atoms with van der Waals surface area (Å²) in [7, 11) is 0. The van der Waals surface area contributed by atoms with Crippen LogP contribution in [0.25, 0.3) is 0 Å². The van der Waals surface area contributed by atoms with Gasteiger partial charge in [-0.25, -0.2) is 9.97 Å². The predicted molar refractivity (Wildman–Crippen MR) is 76.1 cm³/mol. The van der Waals surface area contributed by atoms with Crippen molar-refractivity contribution in [1.82, 2.24) is 9.97 Å². The minimum Gasteiger partial charge on any atom is -0.369 e. The van der Waals surface area contributed by atoms with Gasteiger partial charge in [-0.2, -0.15) is 0 Å². The summed E-state index contributed by atoms with van der Waals surface area (Å²) in [6, 6.07) is 1.81. The lowest BCUT2D eigenvalue weighted by Gasteiger charge is -2.20. The molecule has 0 unspecified atom stereocenters. The topological polar surface area (TPSA) is 37.8 Å². The normalized spacial score (nSPS) is 17.3. The van der Waals surface area contributed by atoms with Crippen molar-refractivity contribution in [2.24, 2.45) is 11.3 Å². The van der Waals surface area contributed by atoms with Crippen LogP contribution in [-0.2, 0) is 0 Å². The molecule has 1 aliphatic carbocycles. The zero-order chi connectivity index (χ0) is 13.3. The van der Waals surface area contributed by atoms with E-state index in [1.807, 2.05) is 6.07 Å². The average molecular weight is 268 g/mol. The lowest BCUT2D eigenvalue weighted by molar-refractivity contribution is 0.380. The molecule has 3 nitrogen and oxygen atoms in total. The molecule has 4 heteroatoms. The minimum absolute atomic E-state index is 0.296. The largest absolute Gasteiger partial charge is 0.369 e. The molecule has 1 aromatic rings. The van der Waals surface area contributed by atoms with Crippen LogP contribution in [0.4, 0.5) is 5.82 Å². The zero-order valence-electron chi connectivity index (χ0n) is 11.6. The Balaban J connectivity index is 2.05. The Kier molecular flexibility index (Phi) is 3.81. The molecule has 0 bridgehead atoms.